The zero-order valence-electron chi connectivity index (χ0n) is 10.4. The minimum atomic E-state index is -4.59. The van der Waals surface area contributed by atoms with Crippen molar-refractivity contribution in [1.29, 1.82) is 0 Å². The van der Waals surface area contributed by atoms with E-state index >= 15 is 0 Å². The molecule has 1 rings (SSSR count). The van der Waals surface area contributed by atoms with Gasteiger partial charge in [0.25, 0.3) is 20.2 Å². The molecule has 0 amide bonds. The highest BCUT2D eigenvalue weighted by Gasteiger charge is 2.27. The molecule has 0 aliphatic rings. The summed E-state index contributed by atoms with van der Waals surface area (Å²) in [5.41, 5.74) is 0.0331. The summed E-state index contributed by atoms with van der Waals surface area (Å²) in [6.07, 6.45) is -0.536. The summed E-state index contributed by atoms with van der Waals surface area (Å²) >= 11 is 0. The Morgan fingerprint density at radius 2 is 1.80 bits per heavy atom. The maximum atomic E-state index is 11.3. The second kappa shape index (κ2) is 5.95. The number of hydrogen-bond donors (Lipinski definition) is 3. The Morgan fingerprint density at radius 1 is 1.20 bits per heavy atom. The molecule has 0 saturated heterocycles. The molecule has 0 saturated carbocycles. The van der Waals surface area contributed by atoms with E-state index in [2.05, 4.69) is 0 Å². The van der Waals surface area contributed by atoms with Crippen molar-refractivity contribution in [1.82, 2.24) is 0 Å². The van der Waals surface area contributed by atoms with Gasteiger partial charge >= 0.3 is 0 Å². The molecule has 0 aromatic heterocycles. The smallest absolute Gasteiger partial charge is 0.272 e. The number of benzene rings is 1. The minimum absolute atomic E-state index is 0.0250. The number of ether oxygens (including phenoxy) is 1. The minimum Gasteiger partial charge on any atom is -0.504 e. The Bertz CT molecular complexity index is 677. The highest BCUT2D eigenvalue weighted by molar-refractivity contribution is 7.86. The largest absolute Gasteiger partial charge is 0.504 e. The number of phenols is 1. The third-order valence-electron chi connectivity index (χ3n) is 2.57. The fraction of sp³-hybridized carbons (Fsp3) is 0.400. The third kappa shape index (κ3) is 4.63. The molecule has 0 heterocycles. The highest BCUT2D eigenvalue weighted by Crippen LogP contribution is 2.33. The molecule has 0 fully saturated rings. The van der Waals surface area contributed by atoms with Crippen LogP contribution < -0.4 is 4.74 Å². The van der Waals surface area contributed by atoms with Crippen LogP contribution in [0.4, 0.5) is 0 Å². The molecule has 3 N–H and O–H groups in total. The van der Waals surface area contributed by atoms with Crippen molar-refractivity contribution in [2.24, 2.45) is 0 Å². The van der Waals surface area contributed by atoms with Crippen molar-refractivity contribution >= 4 is 20.2 Å². The predicted octanol–water partition coefficient (Wildman–Crippen LogP) is 0.608. The Balaban J connectivity index is 3.18. The summed E-state index contributed by atoms with van der Waals surface area (Å²) in [6, 6.07) is 3.53. The monoisotopic (exact) mass is 326 g/mol. The first kappa shape index (κ1) is 16.7. The molecule has 0 spiro atoms. The molecule has 1 atom stereocenters. The fourth-order valence-electron chi connectivity index (χ4n) is 1.64. The molecule has 0 aliphatic carbocycles. The van der Waals surface area contributed by atoms with Gasteiger partial charge < -0.3 is 9.84 Å². The van der Waals surface area contributed by atoms with E-state index in [4.69, 9.17) is 13.8 Å². The normalized spacial score (nSPS) is 13.9. The van der Waals surface area contributed by atoms with Gasteiger partial charge in [0.2, 0.25) is 0 Å². The number of hydrogen-bond acceptors (Lipinski definition) is 6. The summed E-state index contributed by atoms with van der Waals surface area (Å²) in [5.74, 6) is -1.09. The molecule has 10 heteroatoms. The standard InChI is InChI=1S/C10H14O8S2/c1-18-9-6-7(2-3-8(9)11)10(20(15,16)17)4-5-19(12,13)14/h2-3,6,10-11H,4-5H2,1H3,(H,12,13,14)(H,15,16,17). The van der Waals surface area contributed by atoms with Gasteiger partial charge in [-0.15, -0.1) is 0 Å². The van der Waals surface area contributed by atoms with Crippen LogP contribution in [0.5, 0.6) is 11.5 Å². The lowest BCUT2D eigenvalue weighted by Gasteiger charge is -2.15. The SMILES string of the molecule is COc1cc(C(CCS(=O)(=O)O)S(=O)(=O)O)ccc1O. The van der Waals surface area contributed by atoms with Crippen LogP contribution in [0.15, 0.2) is 18.2 Å². The average molecular weight is 326 g/mol. The zero-order chi connectivity index (χ0) is 15.6. The van der Waals surface area contributed by atoms with Crippen molar-refractivity contribution in [2.45, 2.75) is 11.7 Å². The maximum Gasteiger partial charge on any atom is 0.272 e. The van der Waals surface area contributed by atoms with Crippen LogP contribution in [0.25, 0.3) is 0 Å². The summed E-state index contributed by atoms with van der Waals surface area (Å²) in [6.45, 7) is 0. The van der Waals surface area contributed by atoms with E-state index in [0.29, 0.717) is 0 Å². The molecule has 20 heavy (non-hydrogen) atoms. The van der Waals surface area contributed by atoms with Gasteiger partial charge in [0.05, 0.1) is 12.9 Å². The first-order valence-corrected chi connectivity index (χ1v) is 8.44. The van der Waals surface area contributed by atoms with E-state index < -0.39 is 37.7 Å². The van der Waals surface area contributed by atoms with Crippen LogP contribution in [0.1, 0.15) is 17.2 Å². The van der Waals surface area contributed by atoms with E-state index in [1.54, 1.807) is 0 Å². The number of rotatable bonds is 6. The van der Waals surface area contributed by atoms with Gasteiger partial charge in [0, 0.05) is 0 Å². The lowest BCUT2D eigenvalue weighted by molar-refractivity contribution is 0.372. The van der Waals surface area contributed by atoms with Gasteiger partial charge in [-0.05, 0) is 24.1 Å². The van der Waals surface area contributed by atoms with Gasteiger partial charge in [0.1, 0.15) is 5.25 Å². The molecule has 114 valence electrons. The second-order valence-electron chi connectivity index (χ2n) is 4.01. The molecule has 0 bridgehead atoms. The fourth-order valence-corrected chi connectivity index (χ4v) is 3.23. The van der Waals surface area contributed by atoms with Crippen molar-refractivity contribution in [3.05, 3.63) is 23.8 Å². The Kier molecular flexibility index (Phi) is 4.97. The van der Waals surface area contributed by atoms with E-state index in [1.165, 1.54) is 13.2 Å². The molecule has 1 unspecified atom stereocenters. The summed E-state index contributed by atoms with van der Waals surface area (Å²) in [5, 5.41) is 7.85. The quantitative estimate of drug-likeness (QED) is 0.646. The first-order valence-electron chi connectivity index (χ1n) is 5.33. The highest BCUT2D eigenvalue weighted by atomic mass is 32.2. The van der Waals surface area contributed by atoms with E-state index in [0.717, 1.165) is 12.1 Å². The van der Waals surface area contributed by atoms with Crippen LogP contribution in [0.3, 0.4) is 0 Å². The van der Waals surface area contributed by atoms with Gasteiger partial charge in [-0.2, -0.15) is 16.8 Å². The molecular weight excluding hydrogens is 312 g/mol. The van der Waals surface area contributed by atoms with E-state index in [1.807, 2.05) is 0 Å². The maximum absolute atomic E-state index is 11.3. The van der Waals surface area contributed by atoms with Crippen molar-refractivity contribution in [3.63, 3.8) is 0 Å². The zero-order valence-corrected chi connectivity index (χ0v) is 12.1. The van der Waals surface area contributed by atoms with Crippen molar-refractivity contribution < 1.29 is 35.8 Å². The summed E-state index contributed by atoms with van der Waals surface area (Å²) < 4.78 is 66.6. The Morgan fingerprint density at radius 3 is 2.25 bits per heavy atom. The Hall–Kier alpha value is -1.36. The first-order chi connectivity index (χ1) is 9.04. The van der Waals surface area contributed by atoms with Gasteiger partial charge in [0.15, 0.2) is 11.5 Å². The van der Waals surface area contributed by atoms with Crippen molar-refractivity contribution in [3.8, 4) is 11.5 Å². The topological polar surface area (TPSA) is 138 Å². The van der Waals surface area contributed by atoms with Gasteiger partial charge in [-0.25, -0.2) is 0 Å². The van der Waals surface area contributed by atoms with Crippen molar-refractivity contribution in [2.75, 3.05) is 12.9 Å². The van der Waals surface area contributed by atoms with Crippen LogP contribution >= 0.6 is 0 Å². The average Bonchev–Trinajstić information content (AvgIpc) is 2.28. The third-order valence-corrected chi connectivity index (χ3v) is 4.55. The second-order valence-corrected chi connectivity index (χ2v) is 7.18. The lowest BCUT2D eigenvalue weighted by Crippen LogP contribution is -2.17. The number of aromatic hydroxyl groups is 1. The molecule has 1 aromatic carbocycles. The molecule has 1 aromatic rings. The van der Waals surface area contributed by atoms with Crippen LogP contribution in [-0.4, -0.2) is 43.9 Å². The number of methoxy groups -OCH3 is 1. The molecule has 0 aliphatic heterocycles. The molecular formula is C10H14O8S2. The van der Waals surface area contributed by atoms with Gasteiger partial charge in [-0.1, -0.05) is 6.07 Å². The van der Waals surface area contributed by atoms with Gasteiger partial charge in [-0.3, -0.25) is 9.11 Å². The molecule has 8 nitrogen and oxygen atoms in total. The predicted molar refractivity (Wildman–Crippen MR) is 70.0 cm³/mol. The van der Waals surface area contributed by atoms with Crippen LogP contribution in [0, 0.1) is 0 Å². The Labute approximate surface area is 116 Å². The van der Waals surface area contributed by atoms with Crippen LogP contribution in [0.2, 0.25) is 0 Å². The molecule has 0 radical (unpaired) electrons. The summed E-state index contributed by atoms with van der Waals surface area (Å²) in [7, 11) is -7.71. The van der Waals surface area contributed by atoms with Crippen LogP contribution in [-0.2, 0) is 20.2 Å². The summed E-state index contributed by atoms with van der Waals surface area (Å²) in [4.78, 5) is 0. The van der Waals surface area contributed by atoms with E-state index in [-0.39, 0.29) is 17.1 Å². The lowest BCUT2D eigenvalue weighted by atomic mass is 10.1. The number of phenolic OH excluding ortho intramolecular Hbond substituents is 1. The van der Waals surface area contributed by atoms with E-state index in [9.17, 15) is 21.9 Å².